The number of nitrogens with zero attached hydrogens (tertiary/aromatic N) is 2. The minimum absolute atomic E-state index is 0. The predicted octanol–water partition coefficient (Wildman–Crippen LogP) is 7.68. The van der Waals surface area contributed by atoms with Crippen LogP contribution in [0.3, 0.4) is 0 Å². The fourth-order valence-corrected chi connectivity index (χ4v) is 3.58. The van der Waals surface area contributed by atoms with Gasteiger partial charge in [0.2, 0.25) is 0 Å². The van der Waals surface area contributed by atoms with Crippen LogP contribution in [0, 0.1) is 34.6 Å². The van der Waals surface area contributed by atoms with E-state index in [-0.39, 0.29) is 28.0 Å². The molecule has 0 aromatic heterocycles. The van der Waals surface area contributed by atoms with Crippen LogP contribution in [0.1, 0.15) is 72.9 Å². The molecule has 0 aliphatic carbocycles. The Morgan fingerprint density at radius 2 is 1.27 bits per heavy atom. The molecule has 0 fully saturated rings. The van der Waals surface area contributed by atoms with Gasteiger partial charge in [-0.1, -0.05) is 62.1 Å². The summed E-state index contributed by atoms with van der Waals surface area (Å²) in [6, 6.07) is 16.1. The average molecular weight is 543 g/mol. The monoisotopic (exact) mass is 542 g/mol. The number of benzene rings is 3. The molecule has 0 radical (unpaired) electrons. The normalized spacial score (nSPS) is 11.2. The van der Waals surface area contributed by atoms with Gasteiger partial charge >= 0.3 is 16.5 Å². The fourth-order valence-electron chi connectivity index (χ4n) is 3.58. The molecular formula is C32H40N2NiO2. The molecule has 0 saturated carbocycles. The summed E-state index contributed by atoms with van der Waals surface area (Å²) in [5.41, 5.74) is 9.29. The number of unbranched alkanes of at least 4 members (excludes halogenated alkanes) is 2. The third-order valence-electron chi connectivity index (χ3n) is 6.42. The van der Waals surface area contributed by atoms with E-state index in [1.54, 1.807) is 19.1 Å². The zero-order chi connectivity index (χ0) is 26.7. The number of hydrogen-bond donors (Lipinski definition) is 0. The summed E-state index contributed by atoms with van der Waals surface area (Å²) in [7, 11) is 0. The van der Waals surface area contributed by atoms with Crippen molar-refractivity contribution in [3.63, 3.8) is 0 Å². The van der Waals surface area contributed by atoms with E-state index in [2.05, 4.69) is 76.9 Å². The molecule has 0 spiro atoms. The molecule has 0 heterocycles. The van der Waals surface area contributed by atoms with Gasteiger partial charge in [-0.3, -0.25) is 9.98 Å². The Bertz CT molecular complexity index is 1220. The minimum atomic E-state index is -0.334. The third-order valence-corrected chi connectivity index (χ3v) is 6.42. The van der Waals surface area contributed by atoms with Gasteiger partial charge in [0.15, 0.2) is 0 Å². The summed E-state index contributed by atoms with van der Waals surface area (Å²) in [6.07, 6.45) is 6.71. The SMILES string of the molecule is CCC(C=Nc1ccc(C)c(C)c1)=Nc1ccc(C)c(C)c1.CCCCCc1ccc(C)c([O-])c1[O-].[Ni+2]. The summed E-state index contributed by atoms with van der Waals surface area (Å²) in [4.78, 5) is 9.26. The van der Waals surface area contributed by atoms with Crippen LogP contribution < -0.4 is 10.2 Å². The van der Waals surface area contributed by atoms with E-state index >= 15 is 0 Å². The topological polar surface area (TPSA) is 70.8 Å². The van der Waals surface area contributed by atoms with E-state index in [9.17, 15) is 10.2 Å². The Morgan fingerprint density at radius 1 is 0.703 bits per heavy atom. The zero-order valence-corrected chi connectivity index (χ0v) is 24.2. The molecule has 0 saturated heterocycles. The predicted molar refractivity (Wildman–Crippen MR) is 151 cm³/mol. The van der Waals surface area contributed by atoms with Crippen LogP contribution in [0.15, 0.2) is 58.5 Å². The van der Waals surface area contributed by atoms with E-state index in [4.69, 9.17) is 4.99 Å². The first-order valence-electron chi connectivity index (χ1n) is 12.9. The molecule has 0 atom stereocenters. The summed E-state index contributed by atoms with van der Waals surface area (Å²) in [6.45, 7) is 14.4. The Kier molecular flexibility index (Phi) is 13.9. The Morgan fingerprint density at radius 3 is 1.84 bits per heavy atom. The summed E-state index contributed by atoms with van der Waals surface area (Å²) >= 11 is 0. The van der Waals surface area contributed by atoms with Crippen molar-refractivity contribution < 1.29 is 26.7 Å². The van der Waals surface area contributed by atoms with Crippen molar-refractivity contribution in [1.29, 1.82) is 0 Å². The maximum absolute atomic E-state index is 11.5. The Hall–Kier alpha value is -2.91. The average Bonchev–Trinajstić information content (AvgIpc) is 2.86. The molecule has 0 aliphatic heterocycles. The second-order valence-electron chi connectivity index (χ2n) is 9.41. The molecule has 0 unspecified atom stereocenters. The van der Waals surface area contributed by atoms with Gasteiger partial charge < -0.3 is 10.2 Å². The molecule has 4 nitrogen and oxygen atoms in total. The van der Waals surface area contributed by atoms with E-state index < -0.39 is 0 Å². The van der Waals surface area contributed by atoms with Crippen molar-refractivity contribution in [2.75, 3.05) is 0 Å². The Balaban J connectivity index is 0.000000396. The third kappa shape index (κ3) is 10.2. The molecule has 5 heteroatoms. The van der Waals surface area contributed by atoms with Gasteiger partial charge in [0.25, 0.3) is 0 Å². The van der Waals surface area contributed by atoms with Crippen molar-refractivity contribution >= 4 is 23.3 Å². The summed E-state index contributed by atoms with van der Waals surface area (Å²) < 4.78 is 0. The number of rotatable bonds is 8. The van der Waals surface area contributed by atoms with Crippen LogP contribution in [0.4, 0.5) is 11.4 Å². The van der Waals surface area contributed by atoms with Gasteiger partial charge in [-0.25, -0.2) is 0 Å². The van der Waals surface area contributed by atoms with Crippen molar-refractivity contribution in [3.05, 3.63) is 81.9 Å². The second kappa shape index (κ2) is 16.0. The number of aliphatic imine (C=N–C) groups is 2. The van der Waals surface area contributed by atoms with Crippen LogP contribution >= 0.6 is 0 Å². The zero-order valence-electron chi connectivity index (χ0n) is 23.3. The van der Waals surface area contributed by atoms with E-state index in [0.29, 0.717) is 11.1 Å². The van der Waals surface area contributed by atoms with Crippen molar-refractivity contribution in [2.24, 2.45) is 9.98 Å². The van der Waals surface area contributed by atoms with Crippen LogP contribution in [0.5, 0.6) is 11.5 Å². The van der Waals surface area contributed by atoms with Crippen LogP contribution in [-0.2, 0) is 22.9 Å². The van der Waals surface area contributed by atoms with Gasteiger partial charge in [0.05, 0.1) is 17.1 Å². The molecule has 3 aromatic carbocycles. The first-order valence-corrected chi connectivity index (χ1v) is 12.9. The van der Waals surface area contributed by atoms with E-state index in [1.165, 1.54) is 22.3 Å². The summed E-state index contributed by atoms with van der Waals surface area (Å²) in [5, 5.41) is 22.8. The maximum Gasteiger partial charge on any atom is 2.00 e. The fraction of sp³-hybridized carbons (Fsp3) is 0.375. The molecule has 200 valence electrons. The molecule has 37 heavy (non-hydrogen) atoms. The van der Waals surface area contributed by atoms with Gasteiger partial charge in [0.1, 0.15) is 0 Å². The first-order chi connectivity index (χ1) is 17.2. The number of aryl methyl sites for hydroxylation is 6. The van der Waals surface area contributed by atoms with Crippen molar-refractivity contribution in [1.82, 2.24) is 0 Å². The van der Waals surface area contributed by atoms with Gasteiger partial charge in [-0.15, -0.1) is 11.5 Å². The molecule has 0 amide bonds. The Labute approximate surface area is 233 Å². The quantitative estimate of drug-likeness (QED) is 0.166. The maximum atomic E-state index is 11.5. The minimum Gasteiger partial charge on any atom is -0.873 e. The summed E-state index contributed by atoms with van der Waals surface area (Å²) in [5.74, 6) is -0.639. The van der Waals surface area contributed by atoms with Gasteiger partial charge in [0, 0.05) is 6.21 Å². The number of hydrogen-bond acceptors (Lipinski definition) is 4. The molecule has 0 bridgehead atoms. The standard InChI is InChI=1S/C20H24N2.C12H18O2.Ni/c1-6-18(22-20-10-8-15(3)17(5)12-20)13-21-19-9-7-14(2)16(4)11-19;1-3-4-5-6-10-8-7-9(2)11(13)12(10)14;/h7-13H,6H2,1-5H3;7-8,13-14H,3-6H2,1-2H3;/q;;+2/p-2. The van der Waals surface area contributed by atoms with Crippen molar-refractivity contribution in [3.8, 4) is 11.5 Å². The van der Waals surface area contributed by atoms with Gasteiger partial charge in [-0.05, 0) is 100 Å². The van der Waals surface area contributed by atoms with Crippen LogP contribution in [-0.4, -0.2) is 11.9 Å². The smallest absolute Gasteiger partial charge is 0.873 e. The molecular weight excluding hydrogens is 503 g/mol. The molecule has 3 aromatic rings. The van der Waals surface area contributed by atoms with Crippen molar-refractivity contribution in [2.45, 2.75) is 80.6 Å². The molecule has 0 N–H and O–H groups in total. The first kappa shape index (κ1) is 32.1. The molecule has 0 aliphatic rings. The second-order valence-corrected chi connectivity index (χ2v) is 9.41. The van der Waals surface area contributed by atoms with E-state index in [0.717, 1.165) is 49.2 Å². The largest absolute Gasteiger partial charge is 2.00 e. The van der Waals surface area contributed by atoms with Gasteiger partial charge in [-0.2, -0.15) is 0 Å². The van der Waals surface area contributed by atoms with Crippen LogP contribution in [0.25, 0.3) is 0 Å². The van der Waals surface area contributed by atoms with Crippen LogP contribution in [0.2, 0.25) is 0 Å². The molecule has 3 rings (SSSR count). The van der Waals surface area contributed by atoms with E-state index in [1.807, 2.05) is 12.3 Å².